The summed E-state index contributed by atoms with van der Waals surface area (Å²) in [4.78, 5) is 17.9. The normalized spacial score (nSPS) is 25.2. The maximum Gasteiger partial charge on any atom is 0.270 e. The van der Waals surface area contributed by atoms with Crippen LogP contribution in [0.4, 0.5) is 4.39 Å². The monoisotopic (exact) mass is 320 g/mol. The fourth-order valence-corrected chi connectivity index (χ4v) is 4.61. The maximum absolute atomic E-state index is 13.3. The molecule has 1 N–H and O–H groups in total. The number of aromatic amines is 1. The Morgan fingerprint density at radius 3 is 3.23 bits per heavy atom. The Kier molecular flexibility index (Phi) is 3.58. The van der Waals surface area contributed by atoms with E-state index >= 15 is 0 Å². The van der Waals surface area contributed by atoms with Crippen LogP contribution in [0.3, 0.4) is 0 Å². The van der Waals surface area contributed by atoms with E-state index in [-0.39, 0.29) is 17.8 Å². The van der Waals surface area contributed by atoms with Gasteiger partial charge < -0.3 is 14.6 Å². The molecule has 0 saturated carbocycles. The number of nitrogens with one attached hydrogen (secondary N) is 1. The van der Waals surface area contributed by atoms with Crippen molar-refractivity contribution in [3.8, 4) is 0 Å². The zero-order valence-corrected chi connectivity index (χ0v) is 12.9. The standard InChI is InChI=1S/C16H17FN2O2S/c17-11-1-2-12-10(7-11)8-13(18-12)16(20)19-4-6-22-15-9-21-5-3-14(15)19/h1-2,7-8,14-15,18H,3-6,9H2. The van der Waals surface area contributed by atoms with Gasteiger partial charge in [0, 0.05) is 41.1 Å². The Morgan fingerprint density at radius 2 is 2.32 bits per heavy atom. The van der Waals surface area contributed by atoms with Gasteiger partial charge in [0.2, 0.25) is 0 Å². The molecular formula is C16H17FN2O2S. The third kappa shape index (κ3) is 2.40. The van der Waals surface area contributed by atoms with Crippen LogP contribution in [0.2, 0.25) is 0 Å². The average Bonchev–Trinajstić information content (AvgIpc) is 2.96. The number of hydrogen-bond acceptors (Lipinski definition) is 3. The van der Waals surface area contributed by atoms with Gasteiger partial charge in [-0.3, -0.25) is 4.79 Å². The van der Waals surface area contributed by atoms with Crippen LogP contribution in [0.1, 0.15) is 16.9 Å². The number of benzene rings is 1. The number of halogens is 1. The van der Waals surface area contributed by atoms with E-state index in [1.165, 1.54) is 12.1 Å². The van der Waals surface area contributed by atoms with E-state index in [1.807, 2.05) is 16.7 Å². The second kappa shape index (κ2) is 5.59. The Labute approximate surface area is 132 Å². The molecule has 2 aliphatic heterocycles. The van der Waals surface area contributed by atoms with Gasteiger partial charge in [-0.25, -0.2) is 4.39 Å². The van der Waals surface area contributed by atoms with Crippen LogP contribution in [-0.2, 0) is 4.74 Å². The number of hydrogen-bond donors (Lipinski definition) is 1. The van der Waals surface area contributed by atoms with Crippen LogP contribution >= 0.6 is 11.8 Å². The molecule has 2 saturated heterocycles. The first-order valence-corrected chi connectivity index (χ1v) is 8.56. The number of ether oxygens (including phenoxy) is 1. The van der Waals surface area contributed by atoms with Gasteiger partial charge in [0.25, 0.3) is 5.91 Å². The highest BCUT2D eigenvalue weighted by atomic mass is 32.2. The lowest BCUT2D eigenvalue weighted by molar-refractivity contribution is 0.0316. The molecule has 2 aromatic rings. The van der Waals surface area contributed by atoms with Gasteiger partial charge in [-0.2, -0.15) is 11.8 Å². The van der Waals surface area contributed by atoms with Crippen LogP contribution in [-0.4, -0.2) is 52.6 Å². The Hall–Kier alpha value is -1.53. The summed E-state index contributed by atoms with van der Waals surface area (Å²) in [7, 11) is 0. The van der Waals surface area contributed by atoms with Gasteiger partial charge in [0.1, 0.15) is 11.5 Å². The minimum absolute atomic E-state index is 0.00816. The van der Waals surface area contributed by atoms with Gasteiger partial charge in [-0.15, -0.1) is 0 Å². The van der Waals surface area contributed by atoms with Crippen molar-refractivity contribution in [2.24, 2.45) is 0 Å². The number of nitrogens with zero attached hydrogens (tertiary/aromatic N) is 1. The van der Waals surface area contributed by atoms with Crippen molar-refractivity contribution in [2.75, 3.05) is 25.5 Å². The number of thioether (sulfide) groups is 1. The molecule has 0 spiro atoms. The second-order valence-electron chi connectivity index (χ2n) is 5.75. The van der Waals surface area contributed by atoms with Gasteiger partial charge in [0.15, 0.2) is 0 Å². The third-order valence-corrected chi connectivity index (χ3v) is 5.70. The van der Waals surface area contributed by atoms with Crippen molar-refractivity contribution in [3.05, 3.63) is 35.8 Å². The summed E-state index contributed by atoms with van der Waals surface area (Å²) in [6.45, 7) is 2.19. The number of H-pyrrole nitrogens is 1. The van der Waals surface area contributed by atoms with E-state index < -0.39 is 0 Å². The van der Waals surface area contributed by atoms with E-state index in [4.69, 9.17) is 4.74 Å². The predicted octanol–water partition coefficient (Wildman–Crippen LogP) is 2.65. The average molecular weight is 320 g/mol. The molecule has 2 fully saturated rings. The first kappa shape index (κ1) is 14.1. The summed E-state index contributed by atoms with van der Waals surface area (Å²) in [6, 6.07) is 6.51. The molecule has 2 unspecified atom stereocenters. The Balaban J connectivity index is 1.64. The third-order valence-electron chi connectivity index (χ3n) is 4.41. The lowest BCUT2D eigenvalue weighted by Gasteiger charge is -2.43. The molecule has 1 aromatic carbocycles. The second-order valence-corrected chi connectivity index (χ2v) is 7.10. The quantitative estimate of drug-likeness (QED) is 0.878. The smallest absolute Gasteiger partial charge is 0.270 e. The molecule has 22 heavy (non-hydrogen) atoms. The number of amides is 1. The van der Waals surface area contributed by atoms with Crippen LogP contribution in [0, 0.1) is 5.82 Å². The molecule has 2 aliphatic rings. The first-order chi connectivity index (χ1) is 10.7. The SMILES string of the molecule is O=C(c1cc2cc(F)ccc2[nH]1)N1CCSC2COCCC21. The maximum atomic E-state index is 13.3. The highest BCUT2D eigenvalue weighted by Gasteiger charge is 2.37. The van der Waals surface area contributed by atoms with Crippen LogP contribution in [0.15, 0.2) is 24.3 Å². The fourth-order valence-electron chi connectivity index (χ4n) is 3.31. The van der Waals surface area contributed by atoms with E-state index in [0.29, 0.717) is 17.6 Å². The van der Waals surface area contributed by atoms with E-state index in [2.05, 4.69) is 4.98 Å². The van der Waals surface area contributed by atoms with Gasteiger partial charge in [-0.1, -0.05) is 0 Å². The molecule has 116 valence electrons. The van der Waals surface area contributed by atoms with Crippen molar-refractivity contribution in [2.45, 2.75) is 17.7 Å². The number of carbonyl (C=O) groups excluding carboxylic acids is 1. The van der Waals surface area contributed by atoms with Crippen molar-refractivity contribution < 1.29 is 13.9 Å². The molecule has 1 amide bonds. The van der Waals surface area contributed by atoms with Gasteiger partial charge in [-0.05, 0) is 30.7 Å². The van der Waals surface area contributed by atoms with Gasteiger partial charge in [0.05, 0.1) is 6.61 Å². The summed E-state index contributed by atoms with van der Waals surface area (Å²) in [5.74, 6) is 0.656. The molecule has 2 atom stereocenters. The van der Waals surface area contributed by atoms with Gasteiger partial charge >= 0.3 is 0 Å². The van der Waals surface area contributed by atoms with E-state index in [9.17, 15) is 9.18 Å². The van der Waals surface area contributed by atoms with Crippen molar-refractivity contribution >= 4 is 28.6 Å². The predicted molar refractivity (Wildman–Crippen MR) is 84.8 cm³/mol. The Morgan fingerprint density at radius 1 is 1.41 bits per heavy atom. The van der Waals surface area contributed by atoms with Crippen molar-refractivity contribution in [1.29, 1.82) is 0 Å². The topological polar surface area (TPSA) is 45.3 Å². The summed E-state index contributed by atoms with van der Waals surface area (Å²) in [5.41, 5.74) is 1.33. The summed E-state index contributed by atoms with van der Waals surface area (Å²) in [5, 5.41) is 1.10. The molecular weight excluding hydrogens is 303 g/mol. The molecule has 6 heteroatoms. The van der Waals surface area contributed by atoms with Crippen LogP contribution in [0.25, 0.3) is 10.9 Å². The highest BCUT2D eigenvalue weighted by molar-refractivity contribution is 8.00. The van der Waals surface area contributed by atoms with Crippen LogP contribution < -0.4 is 0 Å². The molecule has 4 rings (SSSR count). The summed E-state index contributed by atoms with van der Waals surface area (Å²) < 4.78 is 18.8. The van der Waals surface area contributed by atoms with Crippen molar-refractivity contribution in [3.63, 3.8) is 0 Å². The largest absolute Gasteiger partial charge is 0.380 e. The zero-order valence-electron chi connectivity index (χ0n) is 12.0. The number of carbonyl (C=O) groups is 1. The fraction of sp³-hybridized carbons (Fsp3) is 0.438. The molecule has 0 radical (unpaired) electrons. The van der Waals surface area contributed by atoms with E-state index in [1.54, 1.807) is 12.1 Å². The number of fused-ring (bicyclic) bond motifs is 2. The molecule has 1 aromatic heterocycles. The lowest BCUT2D eigenvalue weighted by atomic mass is 10.1. The molecule has 0 aliphatic carbocycles. The van der Waals surface area contributed by atoms with Crippen LogP contribution in [0.5, 0.6) is 0 Å². The molecule has 4 nitrogen and oxygen atoms in total. The lowest BCUT2D eigenvalue weighted by Crippen LogP contribution is -2.54. The number of aromatic nitrogens is 1. The summed E-state index contributed by atoms with van der Waals surface area (Å²) >= 11 is 1.89. The first-order valence-electron chi connectivity index (χ1n) is 7.51. The summed E-state index contributed by atoms with van der Waals surface area (Å²) in [6.07, 6.45) is 0.887. The zero-order chi connectivity index (χ0) is 15.1. The molecule has 0 bridgehead atoms. The number of rotatable bonds is 1. The van der Waals surface area contributed by atoms with E-state index in [0.717, 1.165) is 36.2 Å². The Bertz CT molecular complexity index is 715. The minimum atomic E-state index is -0.288. The van der Waals surface area contributed by atoms with Crippen molar-refractivity contribution in [1.82, 2.24) is 9.88 Å². The minimum Gasteiger partial charge on any atom is -0.380 e. The molecule has 3 heterocycles. The highest BCUT2D eigenvalue weighted by Crippen LogP contribution is 2.31.